The summed E-state index contributed by atoms with van der Waals surface area (Å²) in [4.78, 5) is 22.2. The molecule has 0 bridgehead atoms. The number of aromatic nitrogens is 2. The lowest BCUT2D eigenvalue weighted by molar-refractivity contribution is 0.0836. The first-order chi connectivity index (χ1) is 16.1. The Balaban J connectivity index is 1.67. The molecule has 170 valence electrons. The lowest BCUT2D eigenvalue weighted by atomic mass is 10.1. The van der Waals surface area contributed by atoms with Crippen LogP contribution in [0.4, 0.5) is 4.39 Å². The van der Waals surface area contributed by atoms with Gasteiger partial charge in [-0.25, -0.2) is 5.48 Å². The number of benzene rings is 2. The molecular formula is C21H16Cl2FN5O4. The second-order valence-electron chi connectivity index (χ2n) is 6.35. The van der Waals surface area contributed by atoms with Crippen LogP contribution in [0.5, 0.6) is 23.3 Å². The molecule has 1 aromatic heterocycles. The van der Waals surface area contributed by atoms with Crippen molar-refractivity contribution in [1.82, 2.24) is 15.4 Å². The molecule has 0 saturated heterocycles. The Hall–Kier alpha value is -3.47. The normalized spacial score (nSPS) is 13.7. The molecule has 0 amide bonds. The number of aliphatic imine (C=N–C) groups is 1. The van der Waals surface area contributed by atoms with E-state index in [1.54, 1.807) is 36.4 Å². The number of halogens is 3. The first kappa shape index (κ1) is 22.7. The molecule has 4 rings (SSSR count). The first-order valence-electron chi connectivity index (χ1n) is 9.52. The first-order valence-corrected chi connectivity index (χ1v) is 10.3. The van der Waals surface area contributed by atoms with Gasteiger partial charge in [0, 0.05) is 0 Å². The minimum atomic E-state index is -0.940. The Morgan fingerprint density at radius 1 is 1.06 bits per heavy atom. The minimum absolute atomic E-state index is 0.119. The summed E-state index contributed by atoms with van der Waals surface area (Å²) in [6.45, 7) is 0.842. The third-order valence-electron chi connectivity index (χ3n) is 4.24. The summed E-state index contributed by atoms with van der Waals surface area (Å²) in [6.07, 6.45) is 1.10. The van der Waals surface area contributed by atoms with E-state index < -0.39 is 5.82 Å². The van der Waals surface area contributed by atoms with Crippen LogP contribution < -0.4 is 15.0 Å². The van der Waals surface area contributed by atoms with E-state index in [-0.39, 0.29) is 33.3 Å². The molecule has 0 radical (unpaired) electrons. The Bertz CT molecular complexity index is 1230. The Morgan fingerprint density at radius 2 is 1.79 bits per heavy atom. The molecule has 0 spiro atoms. The second kappa shape index (κ2) is 10.4. The number of amidine groups is 1. The molecule has 0 fully saturated rings. The monoisotopic (exact) mass is 491 g/mol. The Morgan fingerprint density at radius 3 is 2.52 bits per heavy atom. The zero-order valence-corrected chi connectivity index (χ0v) is 18.6. The highest BCUT2D eigenvalue weighted by atomic mass is 35.5. The number of para-hydroxylation sites is 1. The van der Waals surface area contributed by atoms with Gasteiger partial charge in [0.25, 0.3) is 11.8 Å². The van der Waals surface area contributed by atoms with Gasteiger partial charge in [-0.3, -0.25) is 9.83 Å². The van der Waals surface area contributed by atoms with Gasteiger partial charge in [0.1, 0.15) is 30.0 Å². The van der Waals surface area contributed by atoms with Crippen LogP contribution in [0, 0.1) is 5.82 Å². The highest BCUT2D eigenvalue weighted by Crippen LogP contribution is 2.36. The lowest BCUT2D eigenvalue weighted by Crippen LogP contribution is -2.37. The van der Waals surface area contributed by atoms with Crippen LogP contribution in [0.25, 0.3) is 0 Å². The average Bonchev–Trinajstić information content (AvgIpc) is 2.84. The molecule has 9 nitrogen and oxygen atoms in total. The van der Waals surface area contributed by atoms with E-state index >= 15 is 4.39 Å². The zero-order chi connectivity index (χ0) is 23.2. The molecule has 0 unspecified atom stereocenters. The van der Waals surface area contributed by atoms with E-state index in [1.807, 2.05) is 0 Å². The number of oxime groups is 1. The molecule has 2 heterocycles. The number of ether oxygens (including phenoxy) is 2. The number of hydrogen-bond acceptors (Lipinski definition) is 9. The summed E-state index contributed by atoms with van der Waals surface area (Å²) in [5, 5.41) is 4.39. The van der Waals surface area contributed by atoms with Crippen LogP contribution in [-0.4, -0.2) is 41.8 Å². The van der Waals surface area contributed by atoms with Gasteiger partial charge >= 0.3 is 0 Å². The molecule has 1 aliphatic rings. The number of hydroxylamine groups is 1. The van der Waals surface area contributed by atoms with E-state index in [9.17, 15) is 0 Å². The second-order valence-corrected chi connectivity index (χ2v) is 7.14. The van der Waals surface area contributed by atoms with Crippen molar-refractivity contribution in [2.75, 3.05) is 20.3 Å². The van der Waals surface area contributed by atoms with E-state index in [1.165, 1.54) is 13.2 Å². The van der Waals surface area contributed by atoms with Crippen LogP contribution in [0.2, 0.25) is 10.0 Å². The highest BCUT2D eigenvalue weighted by molar-refractivity contribution is 6.47. The maximum atomic E-state index is 15.1. The van der Waals surface area contributed by atoms with Crippen molar-refractivity contribution in [3.63, 3.8) is 0 Å². The van der Waals surface area contributed by atoms with Crippen LogP contribution in [0.15, 0.2) is 58.9 Å². The fourth-order valence-corrected chi connectivity index (χ4v) is 3.12. The average molecular weight is 492 g/mol. The van der Waals surface area contributed by atoms with Gasteiger partial charge in [0.15, 0.2) is 11.5 Å². The molecule has 0 saturated carbocycles. The van der Waals surface area contributed by atoms with Crippen molar-refractivity contribution in [3.8, 4) is 23.3 Å². The molecule has 1 N–H and O–H groups in total. The van der Waals surface area contributed by atoms with Gasteiger partial charge in [-0.15, -0.1) is 0 Å². The van der Waals surface area contributed by atoms with Gasteiger partial charge in [0.05, 0.1) is 23.7 Å². The number of hydrogen-bond donors (Lipinski definition) is 1. The predicted molar refractivity (Wildman–Crippen MR) is 120 cm³/mol. The topological polar surface area (TPSA) is 99.5 Å². The van der Waals surface area contributed by atoms with Crippen LogP contribution in [0.1, 0.15) is 5.56 Å². The van der Waals surface area contributed by atoms with Crippen molar-refractivity contribution in [2.45, 2.75) is 0 Å². The molecule has 12 heteroatoms. The molecule has 2 aromatic carbocycles. The number of nitrogens with one attached hydrogen (secondary N) is 1. The fraction of sp³-hybridized carbons (Fsp3) is 0.143. The van der Waals surface area contributed by atoms with Crippen molar-refractivity contribution in [1.29, 1.82) is 0 Å². The number of rotatable bonds is 7. The molecule has 1 aliphatic heterocycles. The van der Waals surface area contributed by atoms with Gasteiger partial charge in [-0.1, -0.05) is 46.6 Å². The van der Waals surface area contributed by atoms with E-state index in [2.05, 4.69) is 25.6 Å². The van der Waals surface area contributed by atoms with Gasteiger partial charge in [-0.2, -0.15) is 14.4 Å². The summed E-state index contributed by atoms with van der Waals surface area (Å²) >= 11 is 12.1. The van der Waals surface area contributed by atoms with Crippen LogP contribution in [0.3, 0.4) is 0 Å². The van der Waals surface area contributed by atoms with Crippen LogP contribution >= 0.6 is 23.2 Å². The SMILES string of the molecule is CO/N=C(\C1=NCCON1)c1ccccc1Oc1ncnc(Oc2cccc(Cl)c2Cl)c1F. The van der Waals surface area contributed by atoms with Crippen molar-refractivity contribution >= 4 is 34.7 Å². The lowest BCUT2D eigenvalue weighted by Gasteiger charge is -2.17. The predicted octanol–water partition coefficient (Wildman–Crippen LogP) is 4.79. The van der Waals surface area contributed by atoms with Crippen molar-refractivity contribution in [3.05, 3.63) is 70.2 Å². The molecular weight excluding hydrogens is 476 g/mol. The summed E-state index contributed by atoms with van der Waals surface area (Å²) < 4.78 is 26.4. The molecule has 0 aliphatic carbocycles. The maximum absolute atomic E-state index is 15.1. The summed E-state index contributed by atoms with van der Waals surface area (Å²) in [5.41, 5.74) is 3.44. The Labute approximate surface area is 197 Å². The van der Waals surface area contributed by atoms with Gasteiger partial charge < -0.3 is 14.3 Å². The number of nitrogens with zero attached hydrogens (tertiary/aromatic N) is 4. The third kappa shape index (κ3) is 5.14. The molecule has 33 heavy (non-hydrogen) atoms. The molecule has 3 aromatic rings. The third-order valence-corrected chi connectivity index (χ3v) is 5.04. The zero-order valence-electron chi connectivity index (χ0n) is 17.1. The standard InChI is InChI=1S/C21H16Cl2FN5O4/c1-30-28-18(19-25-9-10-31-29-19)12-5-2-3-7-14(12)32-20-17(24)21(27-11-26-20)33-15-8-4-6-13(22)16(15)23/h2-8,11H,9-10H2,1H3,(H,25,29)/b28-18-. The summed E-state index contributed by atoms with van der Waals surface area (Å²) in [5.74, 6) is -1.01. The van der Waals surface area contributed by atoms with Gasteiger partial charge in [0.2, 0.25) is 5.82 Å². The smallest absolute Gasteiger partial charge is 0.263 e. The Kier molecular flexibility index (Phi) is 7.18. The fourth-order valence-electron chi connectivity index (χ4n) is 2.79. The van der Waals surface area contributed by atoms with E-state index in [4.69, 9.17) is 42.4 Å². The van der Waals surface area contributed by atoms with Gasteiger partial charge in [-0.05, 0) is 24.3 Å². The minimum Gasteiger partial charge on any atom is -0.436 e. The van der Waals surface area contributed by atoms with E-state index in [0.29, 0.717) is 30.3 Å². The quantitative estimate of drug-likeness (QED) is 0.374. The molecule has 0 atom stereocenters. The summed E-state index contributed by atoms with van der Waals surface area (Å²) in [7, 11) is 1.39. The van der Waals surface area contributed by atoms with Crippen molar-refractivity contribution < 1.29 is 23.5 Å². The largest absolute Gasteiger partial charge is 0.436 e. The highest BCUT2D eigenvalue weighted by Gasteiger charge is 2.23. The van der Waals surface area contributed by atoms with Crippen molar-refractivity contribution in [2.24, 2.45) is 10.1 Å². The maximum Gasteiger partial charge on any atom is 0.263 e. The van der Waals surface area contributed by atoms with E-state index in [0.717, 1.165) is 6.33 Å². The van der Waals surface area contributed by atoms with Crippen LogP contribution in [-0.2, 0) is 9.68 Å². The summed E-state index contributed by atoms with van der Waals surface area (Å²) in [6, 6.07) is 11.5.